The van der Waals surface area contributed by atoms with Gasteiger partial charge in [0.25, 0.3) is 0 Å². The molecule has 2 aliphatic carbocycles. The van der Waals surface area contributed by atoms with Crippen LogP contribution in [0.3, 0.4) is 0 Å². The van der Waals surface area contributed by atoms with Gasteiger partial charge in [-0.2, -0.15) is 0 Å². The highest BCUT2D eigenvalue weighted by molar-refractivity contribution is 5.86. The summed E-state index contributed by atoms with van der Waals surface area (Å²) in [7, 11) is 0. The second kappa shape index (κ2) is 6.07. The van der Waals surface area contributed by atoms with Crippen LogP contribution < -0.4 is 10.6 Å². The van der Waals surface area contributed by atoms with Gasteiger partial charge in [-0.05, 0) is 103 Å². The minimum atomic E-state index is -0.287. The first-order chi connectivity index (χ1) is 13.4. The summed E-state index contributed by atoms with van der Waals surface area (Å²) in [6.45, 7) is 6.04. The van der Waals surface area contributed by atoms with E-state index in [0.29, 0.717) is 5.92 Å². The van der Waals surface area contributed by atoms with Crippen molar-refractivity contribution in [2.75, 3.05) is 11.4 Å². The normalized spacial score (nSPS) is 28.0. The van der Waals surface area contributed by atoms with Crippen molar-refractivity contribution in [2.45, 2.75) is 52.0 Å². The number of benzene rings is 2. The molecule has 0 bridgehead atoms. The van der Waals surface area contributed by atoms with Crippen LogP contribution in [0.2, 0.25) is 0 Å². The van der Waals surface area contributed by atoms with Crippen LogP contribution >= 0.6 is 0 Å². The molecule has 2 saturated carbocycles. The molecule has 3 nitrogen and oxygen atoms in total. The number of aryl methyl sites for hydroxylation is 2. The lowest BCUT2D eigenvalue weighted by atomic mass is 9.79. The highest BCUT2D eigenvalue weighted by Gasteiger charge is 2.67. The van der Waals surface area contributed by atoms with Crippen LogP contribution in [0.15, 0.2) is 30.3 Å². The number of anilines is 1. The molecule has 3 aliphatic rings. The Morgan fingerprint density at radius 2 is 1.89 bits per heavy atom. The summed E-state index contributed by atoms with van der Waals surface area (Å²) >= 11 is 0. The molecule has 0 radical (unpaired) electrons. The van der Waals surface area contributed by atoms with Gasteiger partial charge in [0, 0.05) is 18.8 Å². The predicted octanol–water partition coefficient (Wildman–Crippen LogP) is 4.37. The lowest BCUT2D eigenvalue weighted by Gasteiger charge is -2.33. The number of hydrogen-bond donors (Lipinski definition) is 1. The number of fused-ring (bicyclic) bond motifs is 2. The third kappa shape index (κ3) is 2.50. The van der Waals surface area contributed by atoms with E-state index in [-0.39, 0.29) is 23.1 Å². The summed E-state index contributed by atoms with van der Waals surface area (Å²) < 4.78 is 13.5. The number of rotatable bonds is 3. The molecule has 0 aromatic heterocycles. The molecular weight excluding hydrogens is 351 g/mol. The Balaban J connectivity index is 1.46. The van der Waals surface area contributed by atoms with Crippen LogP contribution in [-0.2, 0) is 17.8 Å². The molecule has 3 unspecified atom stereocenters. The Bertz CT molecular complexity index is 962. The summed E-state index contributed by atoms with van der Waals surface area (Å²) in [6, 6.07) is 9.66. The fraction of sp³-hybridized carbons (Fsp3) is 0.458. The third-order valence-corrected chi connectivity index (χ3v) is 7.51. The molecule has 1 heterocycles. The molecule has 0 saturated heterocycles. The summed E-state index contributed by atoms with van der Waals surface area (Å²) in [5, 5.41) is 0. The molecule has 2 aromatic carbocycles. The Kier molecular flexibility index (Phi) is 3.84. The van der Waals surface area contributed by atoms with E-state index in [0.717, 1.165) is 44.3 Å². The van der Waals surface area contributed by atoms with E-state index in [1.165, 1.54) is 27.9 Å². The first-order valence-corrected chi connectivity index (χ1v) is 10.3. The maximum Gasteiger partial charge on any atom is 0.224 e. The Labute approximate surface area is 165 Å². The topological polar surface area (TPSA) is 46.3 Å². The molecule has 0 spiro atoms. The fourth-order valence-electron chi connectivity index (χ4n) is 6.06. The molecule has 1 aliphatic heterocycles. The summed E-state index contributed by atoms with van der Waals surface area (Å²) in [6.07, 6.45) is 4.01. The highest BCUT2D eigenvalue weighted by Crippen LogP contribution is 2.70. The smallest absolute Gasteiger partial charge is 0.224 e. The van der Waals surface area contributed by atoms with Gasteiger partial charge in [0.2, 0.25) is 5.91 Å². The number of amides is 1. The van der Waals surface area contributed by atoms with Gasteiger partial charge < -0.3 is 10.6 Å². The van der Waals surface area contributed by atoms with E-state index in [2.05, 4.69) is 30.9 Å². The lowest BCUT2D eigenvalue weighted by Crippen LogP contribution is -2.31. The van der Waals surface area contributed by atoms with Crippen LogP contribution in [0.25, 0.3) is 0 Å². The van der Waals surface area contributed by atoms with Gasteiger partial charge in [0.15, 0.2) is 0 Å². The minimum absolute atomic E-state index is 0.109. The zero-order valence-electron chi connectivity index (χ0n) is 16.6. The second-order valence-electron chi connectivity index (χ2n) is 9.01. The number of carbonyl (C=O) groups excluding carboxylic acids is 1. The second-order valence-corrected chi connectivity index (χ2v) is 9.01. The average Bonchev–Trinajstić information content (AvgIpc) is 3.29. The Morgan fingerprint density at radius 3 is 2.57 bits per heavy atom. The van der Waals surface area contributed by atoms with Crippen molar-refractivity contribution in [2.24, 2.45) is 17.1 Å². The quantitative estimate of drug-likeness (QED) is 0.862. The fourth-order valence-corrected chi connectivity index (χ4v) is 6.06. The molecule has 4 heteroatoms. The molecule has 2 aromatic rings. The third-order valence-electron chi connectivity index (χ3n) is 7.51. The SMILES string of the molecule is Cc1cc(N2CCc3cc(F)ccc3C2)cc(C)c1C1CCC2CC21C(N)=O. The predicted molar refractivity (Wildman–Crippen MR) is 109 cm³/mol. The van der Waals surface area contributed by atoms with Gasteiger partial charge in [-0.15, -0.1) is 0 Å². The van der Waals surface area contributed by atoms with Crippen LogP contribution in [0, 0.1) is 31.0 Å². The van der Waals surface area contributed by atoms with Gasteiger partial charge in [-0.25, -0.2) is 4.39 Å². The van der Waals surface area contributed by atoms with E-state index < -0.39 is 0 Å². The van der Waals surface area contributed by atoms with E-state index in [9.17, 15) is 9.18 Å². The number of nitrogens with two attached hydrogens (primary N) is 1. The Hall–Kier alpha value is -2.36. The van der Waals surface area contributed by atoms with E-state index in [1.54, 1.807) is 12.1 Å². The lowest BCUT2D eigenvalue weighted by molar-refractivity contribution is -0.123. The van der Waals surface area contributed by atoms with E-state index in [4.69, 9.17) is 5.73 Å². The van der Waals surface area contributed by atoms with E-state index in [1.807, 2.05) is 6.07 Å². The summed E-state index contributed by atoms with van der Waals surface area (Å²) in [4.78, 5) is 14.6. The first-order valence-electron chi connectivity index (χ1n) is 10.3. The van der Waals surface area contributed by atoms with Gasteiger partial charge in [-0.1, -0.05) is 6.07 Å². The van der Waals surface area contributed by atoms with Gasteiger partial charge >= 0.3 is 0 Å². The molecule has 2 N–H and O–H groups in total. The van der Waals surface area contributed by atoms with Crippen molar-refractivity contribution in [1.29, 1.82) is 0 Å². The molecule has 2 fully saturated rings. The van der Waals surface area contributed by atoms with Crippen molar-refractivity contribution in [3.05, 3.63) is 64.0 Å². The molecule has 3 atom stereocenters. The van der Waals surface area contributed by atoms with Crippen molar-refractivity contribution in [3.63, 3.8) is 0 Å². The number of hydrogen-bond acceptors (Lipinski definition) is 2. The van der Waals surface area contributed by atoms with Gasteiger partial charge in [0.05, 0.1) is 5.41 Å². The van der Waals surface area contributed by atoms with Gasteiger partial charge in [-0.3, -0.25) is 4.79 Å². The number of carbonyl (C=O) groups is 1. The zero-order chi connectivity index (χ0) is 19.6. The van der Waals surface area contributed by atoms with Gasteiger partial charge in [0.1, 0.15) is 5.82 Å². The number of halogens is 1. The maximum atomic E-state index is 13.5. The molecule has 146 valence electrons. The van der Waals surface area contributed by atoms with Crippen LogP contribution in [0.1, 0.15) is 53.0 Å². The number of nitrogens with zero attached hydrogens (tertiary/aromatic N) is 1. The molecule has 1 amide bonds. The Morgan fingerprint density at radius 1 is 1.14 bits per heavy atom. The molecule has 28 heavy (non-hydrogen) atoms. The van der Waals surface area contributed by atoms with Crippen molar-refractivity contribution in [1.82, 2.24) is 0 Å². The van der Waals surface area contributed by atoms with Crippen LogP contribution in [-0.4, -0.2) is 12.5 Å². The summed E-state index contributed by atoms with van der Waals surface area (Å²) in [5.41, 5.74) is 12.9. The van der Waals surface area contributed by atoms with Crippen molar-refractivity contribution < 1.29 is 9.18 Å². The molecule has 5 rings (SSSR count). The highest BCUT2D eigenvalue weighted by atomic mass is 19.1. The van der Waals surface area contributed by atoms with Crippen molar-refractivity contribution >= 4 is 11.6 Å². The van der Waals surface area contributed by atoms with Crippen LogP contribution in [0.5, 0.6) is 0 Å². The van der Waals surface area contributed by atoms with Crippen LogP contribution in [0.4, 0.5) is 10.1 Å². The zero-order valence-corrected chi connectivity index (χ0v) is 16.6. The average molecular weight is 378 g/mol. The molecular formula is C24H27FN2O. The standard InChI is InChI=1S/C24H27FN2O/c1-14-9-20(27-8-7-16-11-19(25)5-3-17(16)13-27)10-15(2)22(14)21-6-4-18-12-24(18,21)23(26)28/h3,5,9-11,18,21H,4,6-8,12-13H2,1-2H3,(H2,26,28). The largest absolute Gasteiger partial charge is 0.369 e. The van der Waals surface area contributed by atoms with Crippen molar-refractivity contribution in [3.8, 4) is 0 Å². The first kappa shape index (κ1) is 17.7. The summed E-state index contributed by atoms with van der Waals surface area (Å²) in [5.74, 6) is 0.505. The number of primary amides is 1. The van der Waals surface area contributed by atoms with E-state index >= 15 is 0 Å². The minimum Gasteiger partial charge on any atom is -0.369 e. The monoisotopic (exact) mass is 378 g/mol. The maximum absolute atomic E-state index is 13.5.